The molecule has 0 aromatic carbocycles. The summed E-state index contributed by atoms with van der Waals surface area (Å²) in [6, 6.07) is 0. The van der Waals surface area contributed by atoms with Gasteiger partial charge in [-0.25, -0.2) is 0 Å². The van der Waals surface area contributed by atoms with Crippen molar-refractivity contribution in [2.75, 3.05) is 0 Å². The Balaban J connectivity index is 2.77. The summed E-state index contributed by atoms with van der Waals surface area (Å²) < 4.78 is 36.1. The first-order valence-electron chi connectivity index (χ1n) is 4.11. The van der Waals surface area contributed by atoms with Crippen LogP contribution in [0.15, 0.2) is 11.1 Å². The van der Waals surface area contributed by atoms with Crippen molar-refractivity contribution in [3.8, 4) is 0 Å². The predicted molar refractivity (Wildman–Crippen MR) is 46.8 cm³/mol. The highest BCUT2D eigenvalue weighted by Gasteiger charge is 2.57. The first kappa shape index (κ1) is 11.6. The third-order valence-corrected chi connectivity index (χ3v) is 3.08. The maximum Gasteiger partial charge on any atom is 0.426 e. The molecule has 0 heterocycles. The standard InChI is InChI=1S/C9H10ClF3O/c1-8(2)5(6(8)4-14)3-7(10)9(11,12)13/h3-6H,1-2H3/t5-,6+/m0/s1. The molecule has 5 heteroatoms. The minimum atomic E-state index is -4.51. The lowest BCUT2D eigenvalue weighted by atomic mass is 10.1. The van der Waals surface area contributed by atoms with E-state index in [1.54, 1.807) is 13.8 Å². The van der Waals surface area contributed by atoms with Crippen molar-refractivity contribution in [1.29, 1.82) is 0 Å². The first-order chi connectivity index (χ1) is 6.21. The monoisotopic (exact) mass is 226 g/mol. The summed E-state index contributed by atoms with van der Waals surface area (Å²) in [6.07, 6.45) is -2.89. The predicted octanol–water partition coefficient (Wildman–Crippen LogP) is 3.14. The molecule has 0 amide bonds. The largest absolute Gasteiger partial charge is 0.426 e. The van der Waals surface area contributed by atoms with Crippen molar-refractivity contribution in [1.82, 2.24) is 0 Å². The maximum atomic E-state index is 12.0. The Morgan fingerprint density at radius 3 is 2.14 bits per heavy atom. The van der Waals surface area contributed by atoms with Crippen LogP contribution in [0.25, 0.3) is 0 Å². The fourth-order valence-electron chi connectivity index (χ4n) is 1.55. The van der Waals surface area contributed by atoms with E-state index in [0.717, 1.165) is 6.08 Å². The van der Waals surface area contributed by atoms with Crippen molar-refractivity contribution < 1.29 is 18.0 Å². The van der Waals surface area contributed by atoms with Gasteiger partial charge in [0.15, 0.2) is 0 Å². The van der Waals surface area contributed by atoms with Crippen LogP contribution in [0, 0.1) is 17.3 Å². The van der Waals surface area contributed by atoms with Crippen molar-refractivity contribution in [3.05, 3.63) is 11.1 Å². The molecule has 1 nitrogen and oxygen atoms in total. The van der Waals surface area contributed by atoms with Crippen molar-refractivity contribution >= 4 is 17.9 Å². The molecule has 0 saturated heterocycles. The number of hydrogen-bond donors (Lipinski definition) is 0. The molecular weight excluding hydrogens is 217 g/mol. The fourth-order valence-corrected chi connectivity index (χ4v) is 1.68. The molecule has 0 spiro atoms. The maximum absolute atomic E-state index is 12.0. The van der Waals surface area contributed by atoms with Gasteiger partial charge >= 0.3 is 6.18 Å². The Labute approximate surface area is 84.9 Å². The minimum absolute atomic E-state index is 0.349. The van der Waals surface area contributed by atoms with Crippen LogP contribution < -0.4 is 0 Å². The molecular formula is C9H10ClF3O. The molecule has 1 saturated carbocycles. The van der Waals surface area contributed by atoms with E-state index in [0.29, 0.717) is 6.29 Å². The van der Waals surface area contributed by atoms with Gasteiger partial charge in [0.25, 0.3) is 0 Å². The third-order valence-electron chi connectivity index (χ3n) is 2.74. The molecule has 0 bridgehead atoms. The molecule has 1 aliphatic carbocycles. The lowest BCUT2D eigenvalue weighted by molar-refractivity contribution is -0.109. The van der Waals surface area contributed by atoms with Crippen LogP contribution in [-0.4, -0.2) is 12.5 Å². The molecule has 1 rings (SSSR count). The van der Waals surface area contributed by atoms with Crippen LogP contribution in [0.1, 0.15) is 13.8 Å². The van der Waals surface area contributed by atoms with E-state index in [2.05, 4.69) is 0 Å². The van der Waals surface area contributed by atoms with Gasteiger partial charge in [-0.1, -0.05) is 31.5 Å². The smallest absolute Gasteiger partial charge is 0.303 e. The molecule has 0 aliphatic heterocycles. The molecule has 0 radical (unpaired) electrons. The highest BCUT2D eigenvalue weighted by Crippen LogP contribution is 2.58. The van der Waals surface area contributed by atoms with E-state index in [9.17, 15) is 18.0 Å². The number of hydrogen-bond acceptors (Lipinski definition) is 1. The number of halogens is 4. The van der Waals surface area contributed by atoms with Gasteiger partial charge in [0.1, 0.15) is 11.3 Å². The molecule has 80 valence electrons. The fraction of sp³-hybridized carbons (Fsp3) is 0.667. The normalized spacial score (nSPS) is 31.4. The number of alkyl halides is 3. The number of rotatable bonds is 2. The van der Waals surface area contributed by atoms with Crippen molar-refractivity contribution in [2.24, 2.45) is 17.3 Å². The number of aldehydes is 1. The van der Waals surface area contributed by atoms with Crippen molar-refractivity contribution in [2.45, 2.75) is 20.0 Å². The van der Waals surface area contributed by atoms with E-state index in [1.807, 2.05) is 0 Å². The molecule has 0 N–H and O–H groups in total. The van der Waals surface area contributed by atoms with Crippen LogP contribution in [-0.2, 0) is 4.79 Å². The van der Waals surface area contributed by atoms with E-state index in [4.69, 9.17) is 11.6 Å². The Hall–Kier alpha value is -0.510. The summed E-state index contributed by atoms with van der Waals surface area (Å²) in [5.74, 6) is -0.743. The van der Waals surface area contributed by atoms with Crippen LogP contribution >= 0.6 is 11.6 Å². The lowest BCUT2D eigenvalue weighted by Crippen LogP contribution is -2.07. The van der Waals surface area contributed by atoms with Gasteiger partial charge < -0.3 is 4.79 Å². The van der Waals surface area contributed by atoms with Gasteiger partial charge in [0, 0.05) is 5.92 Å². The Kier molecular flexibility index (Phi) is 2.69. The third kappa shape index (κ3) is 1.95. The van der Waals surface area contributed by atoms with E-state index in [-0.39, 0.29) is 5.92 Å². The lowest BCUT2D eigenvalue weighted by Gasteiger charge is -2.04. The quantitative estimate of drug-likeness (QED) is 0.661. The first-order valence-corrected chi connectivity index (χ1v) is 4.49. The van der Waals surface area contributed by atoms with E-state index < -0.39 is 22.5 Å². The summed E-state index contributed by atoms with van der Waals surface area (Å²) in [5, 5.41) is -1.14. The van der Waals surface area contributed by atoms with Gasteiger partial charge in [0.2, 0.25) is 0 Å². The minimum Gasteiger partial charge on any atom is -0.303 e. The van der Waals surface area contributed by atoms with Gasteiger partial charge in [-0.3, -0.25) is 0 Å². The van der Waals surface area contributed by atoms with Gasteiger partial charge in [-0.15, -0.1) is 0 Å². The number of carbonyl (C=O) groups is 1. The molecule has 1 fully saturated rings. The molecule has 2 atom stereocenters. The second kappa shape index (κ2) is 3.26. The van der Waals surface area contributed by atoms with Gasteiger partial charge in [0.05, 0.1) is 0 Å². The molecule has 0 unspecified atom stereocenters. The Bertz CT molecular complexity index is 280. The summed E-state index contributed by atoms with van der Waals surface area (Å²) in [7, 11) is 0. The van der Waals surface area contributed by atoms with Gasteiger partial charge in [-0.2, -0.15) is 13.2 Å². The molecule has 0 aromatic heterocycles. The Morgan fingerprint density at radius 2 is 1.86 bits per heavy atom. The van der Waals surface area contributed by atoms with Crippen LogP contribution in [0.5, 0.6) is 0 Å². The van der Waals surface area contributed by atoms with Crippen molar-refractivity contribution in [3.63, 3.8) is 0 Å². The SMILES string of the molecule is CC1(C)[C@H](C=O)[C@@H]1C=C(Cl)C(F)(F)F. The average Bonchev–Trinajstić information content (AvgIpc) is 2.51. The summed E-state index contributed by atoms with van der Waals surface area (Å²) in [6.45, 7) is 3.49. The van der Waals surface area contributed by atoms with Crippen LogP contribution in [0.4, 0.5) is 13.2 Å². The summed E-state index contributed by atoms with van der Waals surface area (Å²) >= 11 is 5.06. The topological polar surface area (TPSA) is 17.1 Å². The zero-order chi connectivity index (χ0) is 11.1. The van der Waals surface area contributed by atoms with Gasteiger partial charge in [-0.05, 0) is 11.3 Å². The number of carbonyl (C=O) groups excluding carboxylic acids is 1. The molecule has 1 aliphatic rings. The highest BCUT2D eigenvalue weighted by molar-refractivity contribution is 6.30. The zero-order valence-corrected chi connectivity index (χ0v) is 8.49. The van der Waals surface area contributed by atoms with E-state index >= 15 is 0 Å². The summed E-state index contributed by atoms with van der Waals surface area (Å²) in [5.41, 5.74) is -0.396. The van der Waals surface area contributed by atoms with Crippen LogP contribution in [0.2, 0.25) is 0 Å². The number of allylic oxidation sites excluding steroid dienone is 2. The molecule has 0 aromatic rings. The van der Waals surface area contributed by atoms with Crippen LogP contribution in [0.3, 0.4) is 0 Å². The average molecular weight is 227 g/mol. The second-order valence-electron chi connectivity index (χ2n) is 4.02. The zero-order valence-electron chi connectivity index (χ0n) is 7.73. The Morgan fingerprint density at radius 1 is 1.36 bits per heavy atom. The molecule has 14 heavy (non-hydrogen) atoms. The highest BCUT2D eigenvalue weighted by atomic mass is 35.5. The van der Waals surface area contributed by atoms with E-state index in [1.165, 1.54) is 0 Å². The summed E-state index contributed by atoms with van der Waals surface area (Å²) in [4.78, 5) is 10.5. The second-order valence-corrected chi connectivity index (χ2v) is 4.43.